The van der Waals surface area contributed by atoms with E-state index >= 15 is 0 Å². The van der Waals surface area contributed by atoms with Gasteiger partial charge in [-0.2, -0.15) is 0 Å². The third kappa shape index (κ3) is 14.1. The number of benzene rings is 20. The van der Waals surface area contributed by atoms with Crippen molar-refractivity contribution in [2.24, 2.45) is 0 Å². The van der Waals surface area contributed by atoms with Crippen LogP contribution >= 0.6 is 0 Å². The van der Waals surface area contributed by atoms with Gasteiger partial charge in [-0.3, -0.25) is 0 Å². The number of nitrogens with zero attached hydrogens (tertiary/aromatic N) is 3. The highest BCUT2D eigenvalue weighted by molar-refractivity contribution is 6.28. The molecule has 6 nitrogen and oxygen atoms in total. The first-order valence-corrected chi connectivity index (χ1v) is 46.0. The molecule has 0 saturated heterocycles. The van der Waals surface area contributed by atoms with Crippen LogP contribution in [0.25, 0.3) is 253 Å². The topological polar surface area (TPSA) is 78.1 Å². The Morgan fingerprint density at radius 2 is 0.436 bits per heavy atom. The van der Waals surface area contributed by atoms with Gasteiger partial charge in [-0.05, 0) is 220 Å². The first-order chi connectivity index (χ1) is 65.0. The molecule has 6 heterocycles. The minimum Gasteiger partial charge on any atom is -0.455 e. The fourth-order valence-electron chi connectivity index (χ4n) is 20.3. The zero-order valence-corrected chi connectivity index (χ0v) is 75.2. The predicted molar refractivity (Wildman–Crippen MR) is 562 cm³/mol. The van der Waals surface area contributed by atoms with Gasteiger partial charge in [-0.15, -0.1) is 0 Å². The average molecular weight is 1710 g/mol. The molecule has 0 N–H and O–H groups in total. The lowest BCUT2D eigenvalue weighted by atomic mass is 9.82. The van der Waals surface area contributed by atoms with Crippen LogP contribution in [0.2, 0.25) is 0 Å². The van der Waals surface area contributed by atoms with Crippen LogP contribution in [-0.2, 0) is 10.8 Å². The van der Waals surface area contributed by atoms with Gasteiger partial charge in [0.1, 0.15) is 33.5 Å². The number of pyridine rings is 3. The van der Waals surface area contributed by atoms with E-state index in [0.29, 0.717) is 0 Å². The van der Waals surface area contributed by atoms with Crippen LogP contribution in [0.4, 0.5) is 0 Å². The van der Waals surface area contributed by atoms with Gasteiger partial charge >= 0.3 is 0 Å². The lowest BCUT2D eigenvalue weighted by Gasteiger charge is -2.22. The Kier molecular flexibility index (Phi) is 19.1. The normalized spacial score (nSPS) is 12.1. The Morgan fingerprint density at radius 3 is 0.827 bits per heavy atom. The van der Waals surface area contributed by atoms with E-state index in [1.165, 1.54) is 115 Å². The molecule has 0 atom stereocenters. The smallest absolute Gasteiger partial charge is 0.143 e. The van der Waals surface area contributed by atoms with Crippen molar-refractivity contribution in [1.82, 2.24) is 15.0 Å². The molecule has 0 aliphatic rings. The zero-order valence-electron chi connectivity index (χ0n) is 75.2. The standard InChI is InChI=1S/C47H29NO.C43H37NO.C37H25NO/c1-3-11-30(12-4-1)32-21-23-37-39-25-26-44(48-46(39)40-24-22-33(29-43(40)42(37)28-32)31-13-5-2-6-14-31)35-16-9-15-34(27-35)36-18-10-19-41-38-17-7-8-20-45(38)49-47(36)41;1-42(2,3)28-17-19-31-33-21-22-38(44-40(33)34-20-18-29(43(4,5)6)25-37(34)36(31)24-28)27-12-9-11-26(23-27)30-14-10-15-35-32-13-7-8-16-39(32)45-41(30)35;1-22-13-15-27-29-17-18-34(38-36(29)30-16-14-23(2)20-33(30)32(27)19-22)25-8-5-7-24(21-25)26-10-6-11-31-28-9-3-4-12-35(28)39-37(26)31/h1-29H;7-25H,1-6H3;3-21H,1-2H3. The number of para-hydroxylation sites is 6. The van der Waals surface area contributed by atoms with Gasteiger partial charge in [0.2, 0.25) is 0 Å². The molecule has 0 saturated carbocycles. The largest absolute Gasteiger partial charge is 0.455 e. The van der Waals surface area contributed by atoms with Gasteiger partial charge in [0.25, 0.3) is 0 Å². The summed E-state index contributed by atoms with van der Waals surface area (Å²) in [5, 5.41) is 25.2. The van der Waals surface area contributed by atoms with E-state index in [9.17, 15) is 0 Å². The minimum atomic E-state index is 0.0511. The molecule has 0 radical (unpaired) electrons. The van der Waals surface area contributed by atoms with E-state index in [1.54, 1.807) is 0 Å². The molecule has 6 heteroatoms. The van der Waals surface area contributed by atoms with E-state index in [0.717, 1.165) is 160 Å². The molecule has 133 heavy (non-hydrogen) atoms. The second-order valence-electron chi connectivity index (χ2n) is 37.7. The third-order valence-electron chi connectivity index (χ3n) is 27.2. The quantitative estimate of drug-likeness (QED) is 0.141. The summed E-state index contributed by atoms with van der Waals surface area (Å²) in [6.45, 7) is 18.0. The number of hydrogen-bond donors (Lipinski definition) is 0. The fraction of sp³-hybridized carbons (Fsp3) is 0.0787. The Labute approximate surface area is 770 Å². The summed E-state index contributed by atoms with van der Waals surface area (Å²) >= 11 is 0. The molecule has 0 aliphatic carbocycles. The number of furan rings is 3. The van der Waals surface area contributed by atoms with E-state index < -0.39 is 0 Å². The van der Waals surface area contributed by atoms with Crippen LogP contribution in [0.15, 0.2) is 420 Å². The van der Waals surface area contributed by atoms with E-state index in [4.69, 9.17) is 28.2 Å². The summed E-state index contributed by atoms with van der Waals surface area (Å²) in [5.41, 5.74) is 31.5. The van der Waals surface area contributed by atoms with Crippen molar-refractivity contribution in [3.05, 3.63) is 429 Å². The number of rotatable bonds is 8. The second kappa shape index (κ2) is 31.8. The molecule has 0 bridgehead atoms. The highest BCUT2D eigenvalue weighted by atomic mass is 16.3. The highest BCUT2D eigenvalue weighted by Gasteiger charge is 2.25. The maximum Gasteiger partial charge on any atom is 0.143 e. The number of fused-ring (bicyclic) bond motifs is 27. The average Bonchev–Trinajstić information content (AvgIpc) is 1.62. The molecular formula is C127H91N3O3. The summed E-state index contributed by atoms with van der Waals surface area (Å²) in [6, 6.07) is 145. The Hall–Kier alpha value is -16.4. The molecule has 0 unspecified atom stereocenters. The van der Waals surface area contributed by atoms with Gasteiger partial charge in [0, 0.05) is 98.0 Å². The molecule has 0 spiro atoms. The first-order valence-electron chi connectivity index (χ1n) is 46.0. The summed E-state index contributed by atoms with van der Waals surface area (Å²) in [6.07, 6.45) is 0. The Morgan fingerprint density at radius 1 is 0.173 bits per heavy atom. The van der Waals surface area contributed by atoms with Crippen LogP contribution < -0.4 is 0 Å². The third-order valence-corrected chi connectivity index (χ3v) is 27.2. The summed E-state index contributed by atoms with van der Waals surface area (Å²) in [5.74, 6) is 0. The molecule has 632 valence electrons. The van der Waals surface area contributed by atoms with Crippen molar-refractivity contribution in [3.63, 3.8) is 0 Å². The number of aryl methyl sites for hydroxylation is 2. The molecule has 26 rings (SSSR count). The van der Waals surface area contributed by atoms with E-state index in [2.05, 4.69) is 425 Å². The maximum absolute atomic E-state index is 6.39. The zero-order chi connectivity index (χ0) is 89.5. The van der Waals surface area contributed by atoms with Crippen LogP contribution in [0.1, 0.15) is 63.8 Å². The monoisotopic (exact) mass is 1710 g/mol. The lowest BCUT2D eigenvalue weighted by molar-refractivity contribution is 0.590. The van der Waals surface area contributed by atoms with Gasteiger partial charge in [-0.25, -0.2) is 15.0 Å². The summed E-state index contributed by atoms with van der Waals surface area (Å²) in [4.78, 5) is 16.1. The van der Waals surface area contributed by atoms with Gasteiger partial charge in [-0.1, -0.05) is 362 Å². The Balaban J connectivity index is 0.000000110. The predicted octanol–water partition coefficient (Wildman–Crippen LogP) is 35.9. The number of hydrogen-bond acceptors (Lipinski definition) is 6. The van der Waals surface area contributed by atoms with Gasteiger partial charge < -0.3 is 13.3 Å². The molecule has 26 aromatic rings. The molecule has 0 amide bonds. The van der Waals surface area contributed by atoms with Crippen molar-refractivity contribution in [2.45, 2.75) is 66.2 Å². The Bertz CT molecular complexity index is 9260. The van der Waals surface area contributed by atoms with Crippen molar-refractivity contribution in [1.29, 1.82) is 0 Å². The van der Waals surface area contributed by atoms with Crippen molar-refractivity contribution >= 4 is 163 Å². The highest BCUT2D eigenvalue weighted by Crippen LogP contribution is 2.47. The second-order valence-corrected chi connectivity index (χ2v) is 37.7. The molecule has 0 aliphatic heterocycles. The number of aromatic nitrogens is 3. The van der Waals surface area contributed by atoms with E-state index in [1.807, 2.05) is 36.4 Å². The molecule has 20 aromatic carbocycles. The van der Waals surface area contributed by atoms with Crippen molar-refractivity contribution in [2.75, 3.05) is 0 Å². The first kappa shape index (κ1) is 79.9. The summed E-state index contributed by atoms with van der Waals surface area (Å²) in [7, 11) is 0. The summed E-state index contributed by atoms with van der Waals surface area (Å²) < 4.78 is 19.1. The van der Waals surface area contributed by atoms with Gasteiger partial charge in [0.05, 0.1) is 33.6 Å². The van der Waals surface area contributed by atoms with Crippen LogP contribution in [-0.4, -0.2) is 15.0 Å². The minimum absolute atomic E-state index is 0.0511. The molecular weight excluding hydrogens is 1620 g/mol. The van der Waals surface area contributed by atoms with Crippen molar-refractivity contribution in [3.8, 4) is 89.4 Å². The van der Waals surface area contributed by atoms with Crippen LogP contribution in [0, 0.1) is 13.8 Å². The SMILES string of the molecule is CC(C)(C)c1ccc2c(c1)c1cc(C(C)(C)C)ccc1c1nc(-c3cccc(-c4cccc5c4oc4ccccc45)c3)ccc21.Cc1ccc2c(c1)c1cc(C)ccc1c1nc(-c3cccc(-c4cccc5c4oc4ccccc45)c3)ccc21.c1ccc(-c2ccc3c(c2)c2cc(-c4ccccc4)ccc2c2nc(-c4cccc(-c5cccc6c5oc5ccccc56)c4)ccc32)cc1. The van der Waals surface area contributed by atoms with Crippen molar-refractivity contribution < 1.29 is 13.3 Å². The van der Waals surface area contributed by atoms with Gasteiger partial charge in [0.15, 0.2) is 0 Å². The van der Waals surface area contributed by atoms with Crippen LogP contribution in [0.5, 0.6) is 0 Å². The molecule has 0 fully saturated rings. The molecule has 6 aromatic heterocycles. The lowest BCUT2D eigenvalue weighted by Crippen LogP contribution is -2.11. The fourth-order valence-corrected chi connectivity index (χ4v) is 20.3. The van der Waals surface area contributed by atoms with Crippen LogP contribution in [0.3, 0.4) is 0 Å². The van der Waals surface area contributed by atoms with E-state index in [-0.39, 0.29) is 10.8 Å². The maximum atomic E-state index is 6.39.